The Kier molecular flexibility index (Phi) is 59.5. The van der Waals surface area contributed by atoms with E-state index in [0.717, 1.165) is 128 Å². The molecule has 0 saturated heterocycles. The lowest BCUT2D eigenvalue weighted by atomic mass is 10.0. The second-order valence-electron chi connectivity index (χ2n) is 19.9. The molecule has 432 valence electrons. The summed E-state index contributed by atoms with van der Waals surface area (Å²) in [6.45, 7) is 6.31. The maximum absolute atomic E-state index is 12.9. The Balaban J connectivity index is 4.42. The maximum Gasteiger partial charge on any atom is 0.306 e. The van der Waals surface area contributed by atoms with Gasteiger partial charge in [0.25, 0.3) is 0 Å². The summed E-state index contributed by atoms with van der Waals surface area (Å²) in [7, 11) is 0. The van der Waals surface area contributed by atoms with Crippen molar-refractivity contribution in [3.63, 3.8) is 0 Å². The number of carbonyl (C=O) groups excluding carboxylic acids is 3. The molecule has 1 atom stereocenters. The third kappa shape index (κ3) is 61.8. The van der Waals surface area contributed by atoms with Crippen molar-refractivity contribution in [1.82, 2.24) is 0 Å². The summed E-state index contributed by atoms with van der Waals surface area (Å²) >= 11 is 0. The smallest absolute Gasteiger partial charge is 0.306 e. The van der Waals surface area contributed by atoms with Crippen LogP contribution in [-0.4, -0.2) is 37.2 Å². The highest BCUT2D eigenvalue weighted by Crippen LogP contribution is 2.15. The first-order chi connectivity index (χ1) is 38.0. The summed E-state index contributed by atoms with van der Waals surface area (Å²) in [5.41, 5.74) is 0. The van der Waals surface area contributed by atoms with E-state index in [2.05, 4.69) is 167 Å². The molecule has 0 saturated carbocycles. The van der Waals surface area contributed by atoms with Crippen LogP contribution < -0.4 is 0 Å². The van der Waals surface area contributed by atoms with Gasteiger partial charge in [-0.05, 0) is 116 Å². The van der Waals surface area contributed by atoms with Crippen LogP contribution in [0, 0.1) is 0 Å². The van der Waals surface area contributed by atoms with Crippen LogP contribution in [0.2, 0.25) is 0 Å². The predicted molar refractivity (Wildman–Crippen MR) is 334 cm³/mol. The van der Waals surface area contributed by atoms with Gasteiger partial charge in [-0.1, -0.05) is 275 Å². The van der Waals surface area contributed by atoms with Gasteiger partial charge in [0, 0.05) is 19.3 Å². The summed E-state index contributed by atoms with van der Waals surface area (Å²) < 4.78 is 16.8. The Morgan fingerprint density at radius 3 is 0.870 bits per heavy atom. The van der Waals surface area contributed by atoms with Gasteiger partial charge in [-0.15, -0.1) is 0 Å². The Bertz CT molecular complexity index is 1740. The minimum Gasteiger partial charge on any atom is -0.462 e. The molecule has 0 radical (unpaired) electrons. The van der Waals surface area contributed by atoms with Crippen LogP contribution in [-0.2, 0) is 28.6 Å². The molecule has 0 spiro atoms. The number of allylic oxidation sites excluding steroid dienone is 26. The van der Waals surface area contributed by atoms with Gasteiger partial charge >= 0.3 is 17.9 Å². The minimum absolute atomic E-state index is 0.122. The highest BCUT2D eigenvalue weighted by Gasteiger charge is 2.19. The SMILES string of the molecule is CC/C=C\C/C=C\C/C=C\C/C=C\C/C=C\C/C=C\C/C=C\C/C=C\C/C=C\CCCCCC(=O)OCC(COC(=O)CC/C=C\C/C=C\C/C=C\C/C=C\CC)OC(=O)CCCCCCCCCCCCCCCCC. The number of esters is 3. The molecule has 0 aromatic heterocycles. The zero-order valence-corrected chi connectivity index (χ0v) is 49.4. The third-order valence-electron chi connectivity index (χ3n) is 12.5. The Hall–Kier alpha value is -4.97. The lowest BCUT2D eigenvalue weighted by molar-refractivity contribution is -0.166. The fraction of sp³-hybridized carbons (Fsp3) is 0.592. The second kappa shape index (κ2) is 63.6. The van der Waals surface area contributed by atoms with Crippen molar-refractivity contribution in [1.29, 1.82) is 0 Å². The Morgan fingerprint density at radius 1 is 0.273 bits per heavy atom. The Labute approximate surface area is 473 Å². The molecule has 0 fully saturated rings. The molecule has 0 aliphatic rings. The van der Waals surface area contributed by atoms with E-state index in [1.165, 1.54) is 77.0 Å². The average molecular weight is 1060 g/mol. The van der Waals surface area contributed by atoms with Gasteiger partial charge in [0.15, 0.2) is 6.10 Å². The third-order valence-corrected chi connectivity index (χ3v) is 12.5. The van der Waals surface area contributed by atoms with E-state index in [0.29, 0.717) is 19.3 Å². The second-order valence-corrected chi connectivity index (χ2v) is 19.9. The van der Waals surface area contributed by atoms with E-state index in [-0.39, 0.29) is 37.5 Å². The van der Waals surface area contributed by atoms with E-state index >= 15 is 0 Å². The summed E-state index contributed by atoms with van der Waals surface area (Å²) in [5.74, 6) is -1.04. The number of ether oxygens (including phenoxy) is 3. The summed E-state index contributed by atoms with van der Waals surface area (Å²) in [6, 6.07) is 0. The average Bonchev–Trinajstić information content (AvgIpc) is 3.43. The predicted octanol–water partition coefficient (Wildman–Crippen LogP) is 21.3. The van der Waals surface area contributed by atoms with Gasteiger partial charge in [0.05, 0.1) is 0 Å². The van der Waals surface area contributed by atoms with Crippen molar-refractivity contribution in [2.45, 2.75) is 258 Å². The molecule has 0 aromatic rings. The van der Waals surface area contributed by atoms with E-state index in [9.17, 15) is 14.4 Å². The molecule has 1 unspecified atom stereocenters. The van der Waals surface area contributed by atoms with Crippen LogP contribution in [0.4, 0.5) is 0 Å². The fourth-order valence-electron chi connectivity index (χ4n) is 7.98. The molecule has 0 rings (SSSR count). The van der Waals surface area contributed by atoms with Crippen molar-refractivity contribution in [3.8, 4) is 0 Å². The Morgan fingerprint density at radius 2 is 0.532 bits per heavy atom. The van der Waals surface area contributed by atoms with Gasteiger partial charge in [-0.3, -0.25) is 14.4 Å². The van der Waals surface area contributed by atoms with Crippen LogP contribution in [0.15, 0.2) is 158 Å². The van der Waals surface area contributed by atoms with E-state index in [1.807, 2.05) is 12.2 Å². The molecule has 6 heteroatoms. The monoisotopic (exact) mass is 1060 g/mol. The summed E-state index contributed by atoms with van der Waals surface area (Å²) in [5, 5.41) is 0. The molecule has 0 aliphatic heterocycles. The van der Waals surface area contributed by atoms with Gasteiger partial charge in [-0.25, -0.2) is 0 Å². The van der Waals surface area contributed by atoms with Crippen molar-refractivity contribution in [2.24, 2.45) is 0 Å². The topological polar surface area (TPSA) is 78.9 Å². The van der Waals surface area contributed by atoms with Crippen LogP contribution in [0.1, 0.15) is 252 Å². The maximum atomic E-state index is 12.9. The first kappa shape index (κ1) is 72.0. The first-order valence-electron chi connectivity index (χ1n) is 31.0. The molecule has 6 nitrogen and oxygen atoms in total. The summed E-state index contributed by atoms with van der Waals surface area (Å²) in [6.07, 6.45) is 92.6. The standard InChI is InChI=1S/C71H112O6/c1-4-7-10-13-16-19-22-25-27-28-29-30-31-32-33-34-35-36-37-38-39-40-41-42-44-46-49-52-55-58-61-64-70(73)76-67-68(66-75-69(72)63-60-57-54-51-48-45-24-21-18-15-12-9-6-3)77-71(74)65-62-59-56-53-50-47-43-26-23-20-17-14-11-8-5-2/h7,9-10,12,16,18-19,21,25,27,29-30,32-33,35-36,38-39,41-42,45-46,48-49,54,57,68H,4-6,8,11,13-15,17,20,22-24,26,28,31,34,37,40,43-44,47,50-53,55-56,58-67H2,1-3H3/b10-7-,12-9-,19-16-,21-18-,27-25-,30-29-,33-32-,36-35-,39-38-,42-41-,48-45-,49-46-,57-54-. The largest absolute Gasteiger partial charge is 0.462 e. The van der Waals surface area contributed by atoms with Crippen LogP contribution in [0.5, 0.6) is 0 Å². The van der Waals surface area contributed by atoms with Gasteiger partial charge in [0.2, 0.25) is 0 Å². The number of hydrogen-bond donors (Lipinski definition) is 0. The number of rotatable bonds is 54. The molecule has 0 aliphatic carbocycles. The molecule has 0 heterocycles. The van der Waals surface area contributed by atoms with Gasteiger partial charge < -0.3 is 14.2 Å². The van der Waals surface area contributed by atoms with Crippen molar-refractivity contribution < 1.29 is 28.6 Å². The van der Waals surface area contributed by atoms with Crippen LogP contribution >= 0.6 is 0 Å². The zero-order chi connectivity index (χ0) is 55.7. The van der Waals surface area contributed by atoms with Crippen molar-refractivity contribution in [2.75, 3.05) is 13.2 Å². The molecule has 0 bridgehead atoms. The molecule has 0 N–H and O–H groups in total. The van der Waals surface area contributed by atoms with Gasteiger partial charge in [0.1, 0.15) is 13.2 Å². The normalized spacial score (nSPS) is 13.2. The quantitative estimate of drug-likeness (QED) is 0.0261. The van der Waals surface area contributed by atoms with Crippen molar-refractivity contribution >= 4 is 17.9 Å². The minimum atomic E-state index is -0.826. The lowest BCUT2D eigenvalue weighted by Crippen LogP contribution is -2.30. The molecule has 0 aromatic carbocycles. The van der Waals surface area contributed by atoms with Crippen LogP contribution in [0.3, 0.4) is 0 Å². The highest BCUT2D eigenvalue weighted by molar-refractivity contribution is 5.71. The van der Waals surface area contributed by atoms with Crippen molar-refractivity contribution in [3.05, 3.63) is 158 Å². The number of unbranched alkanes of at least 4 members (excludes halogenated alkanes) is 17. The molecule has 0 amide bonds. The van der Waals surface area contributed by atoms with Crippen LogP contribution in [0.25, 0.3) is 0 Å². The number of hydrogen-bond acceptors (Lipinski definition) is 6. The molecular formula is C71H112O6. The van der Waals surface area contributed by atoms with Gasteiger partial charge in [-0.2, -0.15) is 0 Å². The van der Waals surface area contributed by atoms with E-state index < -0.39 is 6.10 Å². The molecular weight excluding hydrogens is 949 g/mol. The first-order valence-corrected chi connectivity index (χ1v) is 31.0. The summed E-state index contributed by atoms with van der Waals surface area (Å²) in [4.78, 5) is 38.2. The lowest BCUT2D eigenvalue weighted by Gasteiger charge is -2.18. The number of carbonyl (C=O) groups is 3. The zero-order valence-electron chi connectivity index (χ0n) is 49.4. The van der Waals surface area contributed by atoms with E-state index in [4.69, 9.17) is 14.2 Å². The molecule has 77 heavy (non-hydrogen) atoms. The fourth-order valence-corrected chi connectivity index (χ4v) is 7.98. The van der Waals surface area contributed by atoms with E-state index in [1.54, 1.807) is 0 Å². The highest BCUT2D eigenvalue weighted by atomic mass is 16.6.